The zero-order chi connectivity index (χ0) is 18.4. The van der Waals surface area contributed by atoms with Crippen LogP contribution in [0, 0.1) is 0 Å². The van der Waals surface area contributed by atoms with Crippen LogP contribution in [-0.4, -0.2) is 44.3 Å². The summed E-state index contributed by atoms with van der Waals surface area (Å²) in [5.74, 6) is -0.508. The van der Waals surface area contributed by atoms with Crippen LogP contribution in [0.15, 0.2) is 36.9 Å². The van der Waals surface area contributed by atoms with E-state index in [9.17, 15) is 18.0 Å². The third-order valence-electron chi connectivity index (χ3n) is 3.99. The molecule has 0 bridgehead atoms. The van der Waals surface area contributed by atoms with E-state index in [4.69, 9.17) is 5.14 Å². The topological polar surface area (TPSA) is 122 Å². The molecule has 9 heteroatoms. The van der Waals surface area contributed by atoms with Crippen molar-refractivity contribution in [2.24, 2.45) is 5.14 Å². The summed E-state index contributed by atoms with van der Waals surface area (Å²) in [6, 6.07) is 6.28. The van der Waals surface area contributed by atoms with Gasteiger partial charge in [-0.15, -0.1) is 0 Å². The maximum absolute atomic E-state index is 12.7. The summed E-state index contributed by atoms with van der Waals surface area (Å²) in [7, 11) is -3.79. The fourth-order valence-corrected chi connectivity index (χ4v) is 3.17. The molecule has 0 aliphatic carbocycles. The molecule has 0 saturated carbocycles. The fourth-order valence-electron chi connectivity index (χ4n) is 2.75. The van der Waals surface area contributed by atoms with E-state index in [2.05, 4.69) is 16.6 Å². The number of piperidine rings is 1. The van der Waals surface area contributed by atoms with Crippen LogP contribution in [0.1, 0.15) is 29.6 Å². The van der Waals surface area contributed by atoms with E-state index in [1.54, 1.807) is 29.2 Å². The molecule has 4 N–H and O–H groups in total. The Hall–Kier alpha value is -2.23. The first-order chi connectivity index (χ1) is 11.8. The number of nitrogens with two attached hydrogens (primary N) is 1. The smallest absolute Gasteiger partial charge is 0.274 e. The largest absolute Gasteiger partial charge is 0.334 e. The van der Waals surface area contributed by atoms with Gasteiger partial charge in [-0.05, 0) is 49.6 Å². The number of carbonyl (C=O) groups excluding carboxylic acids is 2. The fraction of sp³-hybridized carbons (Fsp3) is 0.375. The number of hydrogen-bond acceptors (Lipinski definition) is 4. The zero-order valence-corrected chi connectivity index (χ0v) is 14.6. The summed E-state index contributed by atoms with van der Waals surface area (Å²) in [5.41, 5.74) is 1.03. The summed E-state index contributed by atoms with van der Waals surface area (Å²) in [4.78, 5) is 25.7. The SMILES string of the molecule is C=CC(=O)Nc1ccc(C(=O)N2CCCCC2CNS(N)(=O)=O)cc1. The van der Waals surface area contributed by atoms with Crippen molar-refractivity contribution in [1.82, 2.24) is 9.62 Å². The van der Waals surface area contributed by atoms with Crippen molar-refractivity contribution in [2.45, 2.75) is 25.3 Å². The third kappa shape index (κ3) is 5.66. The van der Waals surface area contributed by atoms with Crippen molar-refractivity contribution in [3.05, 3.63) is 42.5 Å². The Morgan fingerprint density at radius 3 is 2.56 bits per heavy atom. The van der Waals surface area contributed by atoms with Gasteiger partial charge in [0, 0.05) is 30.4 Å². The van der Waals surface area contributed by atoms with Crippen molar-refractivity contribution < 1.29 is 18.0 Å². The second-order valence-electron chi connectivity index (χ2n) is 5.81. The van der Waals surface area contributed by atoms with E-state index in [0.717, 1.165) is 18.9 Å². The van der Waals surface area contributed by atoms with Crippen LogP contribution in [0.3, 0.4) is 0 Å². The third-order valence-corrected chi connectivity index (χ3v) is 4.56. The van der Waals surface area contributed by atoms with Crippen molar-refractivity contribution in [3.8, 4) is 0 Å². The predicted octanol–water partition coefficient (Wildman–Crippen LogP) is 0.599. The van der Waals surface area contributed by atoms with E-state index >= 15 is 0 Å². The second kappa shape index (κ2) is 8.24. The molecular weight excluding hydrogens is 344 g/mol. The first kappa shape index (κ1) is 19.1. The zero-order valence-electron chi connectivity index (χ0n) is 13.8. The Balaban J connectivity index is 2.08. The second-order valence-corrected chi connectivity index (χ2v) is 7.19. The molecule has 1 fully saturated rings. The van der Waals surface area contributed by atoms with E-state index in [-0.39, 0.29) is 24.4 Å². The first-order valence-electron chi connectivity index (χ1n) is 7.92. The normalized spacial score (nSPS) is 17.8. The quantitative estimate of drug-likeness (QED) is 0.638. The number of amides is 2. The van der Waals surface area contributed by atoms with Gasteiger partial charge in [0.25, 0.3) is 16.1 Å². The molecule has 1 saturated heterocycles. The van der Waals surface area contributed by atoms with Crippen LogP contribution in [0.4, 0.5) is 5.69 Å². The molecule has 1 aliphatic heterocycles. The highest BCUT2D eigenvalue weighted by Crippen LogP contribution is 2.20. The van der Waals surface area contributed by atoms with Gasteiger partial charge in [0.2, 0.25) is 5.91 Å². The predicted molar refractivity (Wildman–Crippen MR) is 95.1 cm³/mol. The molecule has 136 valence electrons. The summed E-state index contributed by atoms with van der Waals surface area (Å²) in [6.07, 6.45) is 3.66. The number of likely N-dealkylation sites (tertiary alicyclic amines) is 1. The van der Waals surface area contributed by atoms with E-state index in [0.29, 0.717) is 24.2 Å². The van der Waals surface area contributed by atoms with Gasteiger partial charge < -0.3 is 10.2 Å². The minimum atomic E-state index is -3.79. The minimum Gasteiger partial charge on any atom is -0.334 e. The molecule has 1 aliphatic rings. The number of hydrogen-bond donors (Lipinski definition) is 3. The van der Waals surface area contributed by atoms with E-state index in [1.165, 1.54) is 0 Å². The molecule has 1 heterocycles. The maximum atomic E-state index is 12.7. The number of benzene rings is 1. The number of carbonyl (C=O) groups is 2. The molecule has 1 aromatic rings. The Morgan fingerprint density at radius 1 is 1.28 bits per heavy atom. The number of nitrogens with one attached hydrogen (secondary N) is 2. The maximum Gasteiger partial charge on any atom is 0.274 e. The lowest BCUT2D eigenvalue weighted by Gasteiger charge is -2.35. The average molecular weight is 366 g/mol. The van der Waals surface area contributed by atoms with Gasteiger partial charge in [-0.2, -0.15) is 8.42 Å². The van der Waals surface area contributed by atoms with Crippen LogP contribution in [0.25, 0.3) is 0 Å². The molecule has 25 heavy (non-hydrogen) atoms. The molecule has 1 unspecified atom stereocenters. The number of rotatable bonds is 6. The van der Waals surface area contributed by atoms with Gasteiger partial charge in [0.1, 0.15) is 0 Å². The van der Waals surface area contributed by atoms with Gasteiger partial charge in [0.05, 0.1) is 0 Å². The van der Waals surface area contributed by atoms with Crippen LogP contribution in [-0.2, 0) is 15.0 Å². The summed E-state index contributed by atoms with van der Waals surface area (Å²) < 4.78 is 24.4. The summed E-state index contributed by atoms with van der Waals surface area (Å²) in [6.45, 7) is 4.03. The van der Waals surface area contributed by atoms with Crippen LogP contribution in [0.5, 0.6) is 0 Å². The molecular formula is C16H22N4O4S. The highest BCUT2D eigenvalue weighted by molar-refractivity contribution is 7.87. The van der Waals surface area contributed by atoms with Crippen molar-refractivity contribution in [2.75, 3.05) is 18.4 Å². The molecule has 0 spiro atoms. The van der Waals surface area contributed by atoms with E-state index in [1.807, 2.05) is 0 Å². The van der Waals surface area contributed by atoms with Crippen LogP contribution in [0.2, 0.25) is 0 Å². The first-order valence-corrected chi connectivity index (χ1v) is 9.46. The molecule has 0 aromatic heterocycles. The molecule has 2 rings (SSSR count). The van der Waals surface area contributed by atoms with Crippen molar-refractivity contribution in [3.63, 3.8) is 0 Å². The number of anilines is 1. The molecule has 1 aromatic carbocycles. The highest BCUT2D eigenvalue weighted by atomic mass is 32.2. The van der Waals surface area contributed by atoms with Crippen molar-refractivity contribution >= 4 is 27.7 Å². The lowest BCUT2D eigenvalue weighted by atomic mass is 10.0. The van der Waals surface area contributed by atoms with Crippen LogP contribution < -0.4 is 15.2 Å². The Morgan fingerprint density at radius 2 is 1.96 bits per heavy atom. The Kier molecular flexibility index (Phi) is 6.29. The lowest BCUT2D eigenvalue weighted by molar-refractivity contribution is -0.111. The van der Waals surface area contributed by atoms with Gasteiger partial charge in [-0.1, -0.05) is 6.58 Å². The molecule has 8 nitrogen and oxygen atoms in total. The summed E-state index contributed by atoms with van der Waals surface area (Å²) in [5, 5.41) is 7.58. The number of nitrogens with zero attached hydrogens (tertiary/aromatic N) is 1. The van der Waals surface area contributed by atoms with Crippen molar-refractivity contribution in [1.29, 1.82) is 0 Å². The van der Waals surface area contributed by atoms with Gasteiger partial charge >= 0.3 is 0 Å². The monoisotopic (exact) mass is 366 g/mol. The Labute approximate surface area is 147 Å². The lowest BCUT2D eigenvalue weighted by Crippen LogP contribution is -2.50. The van der Waals surface area contributed by atoms with E-state index < -0.39 is 10.2 Å². The highest BCUT2D eigenvalue weighted by Gasteiger charge is 2.28. The van der Waals surface area contributed by atoms with Crippen LogP contribution >= 0.6 is 0 Å². The Bertz CT molecular complexity index is 746. The minimum absolute atomic E-state index is 0.0953. The molecule has 1 atom stereocenters. The standard InChI is InChI=1S/C16H22N4O4S/c1-2-15(21)19-13-8-6-12(7-9-13)16(22)20-10-4-3-5-14(20)11-18-25(17,23)24/h2,6-9,14,18H,1,3-5,10-11H2,(H,19,21)(H2,17,23,24). The van der Waals surface area contributed by atoms with Gasteiger partial charge in [-0.25, -0.2) is 9.86 Å². The molecule has 0 radical (unpaired) electrons. The van der Waals surface area contributed by atoms with Gasteiger partial charge in [-0.3, -0.25) is 9.59 Å². The van der Waals surface area contributed by atoms with Gasteiger partial charge in [0.15, 0.2) is 0 Å². The molecule has 2 amide bonds. The summed E-state index contributed by atoms with van der Waals surface area (Å²) >= 11 is 0. The average Bonchev–Trinajstić information content (AvgIpc) is 2.59.